The topological polar surface area (TPSA) is 30.0 Å². The number of ketones is 1. The summed E-state index contributed by atoms with van der Waals surface area (Å²) in [6, 6.07) is 9.20. The second kappa shape index (κ2) is 5.75. The number of benzene rings is 1. The van der Waals surface area contributed by atoms with Crippen LogP contribution in [0.1, 0.15) is 14.7 Å². The number of carbonyl (C=O) groups is 1. The zero-order valence-corrected chi connectivity index (χ0v) is 11.1. The maximum Gasteiger partial charge on any atom is 0.443 e. The van der Waals surface area contributed by atoms with Crippen molar-refractivity contribution >= 4 is 28.9 Å². The first-order chi connectivity index (χ1) is 8.97. The van der Waals surface area contributed by atoms with Crippen LogP contribution in [0.15, 0.2) is 41.4 Å². The number of Topliss-reactive ketones (excluding diaryl/α,β-unsaturated/α-hetero) is 1. The van der Waals surface area contributed by atoms with E-state index in [0.717, 1.165) is 11.1 Å². The molecule has 1 aromatic carbocycles. The molecule has 0 aliphatic carbocycles. The number of alkyl halides is 3. The average Bonchev–Trinajstić information content (AvgIpc) is 2.87. The van der Waals surface area contributed by atoms with Gasteiger partial charge < -0.3 is 0 Å². The van der Waals surface area contributed by atoms with Crippen LogP contribution in [0.2, 0.25) is 0 Å². The normalized spacial score (nSPS) is 11.5. The highest BCUT2D eigenvalue weighted by atomic mass is 32.2. The number of hydrogen-bond acceptors (Lipinski definition) is 4. The summed E-state index contributed by atoms with van der Waals surface area (Å²) in [5, 5.41) is -0.986. The van der Waals surface area contributed by atoms with Crippen LogP contribution < -0.4 is 0 Å². The highest BCUT2D eigenvalue weighted by Gasteiger charge is 2.35. The van der Waals surface area contributed by atoms with E-state index in [-0.39, 0.29) is 16.4 Å². The minimum Gasteiger partial charge on any atom is -0.292 e. The Kier molecular flexibility index (Phi) is 4.26. The molecule has 0 unspecified atom stereocenters. The molecule has 0 N–H and O–H groups in total. The first-order valence-corrected chi connectivity index (χ1v) is 7.01. The van der Waals surface area contributed by atoms with Crippen LogP contribution in [-0.4, -0.2) is 16.5 Å². The molecule has 19 heavy (non-hydrogen) atoms. The standard InChI is InChI=1S/C12H8F3NOS2/c13-12(14,15)11-16-6-10(19-11)9(17)7-18-8-4-2-1-3-5-8/h1-6H,7H2. The number of thiazole rings is 1. The zero-order valence-electron chi connectivity index (χ0n) is 9.48. The third-order valence-corrected chi connectivity index (χ3v) is 4.23. The van der Waals surface area contributed by atoms with E-state index in [1.165, 1.54) is 11.8 Å². The Balaban J connectivity index is 1.99. The first kappa shape index (κ1) is 14.1. The van der Waals surface area contributed by atoms with E-state index in [4.69, 9.17) is 0 Å². The third-order valence-electron chi connectivity index (χ3n) is 2.14. The summed E-state index contributed by atoms with van der Waals surface area (Å²) in [7, 11) is 0. The van der Waals surface area contributed by atoms with Gasteiger partial charge in [0.05, 0.1) is 10.6 Å². The van der Waals surface area contributed by atoms with Crippen molar-refractivity contribution < 1.29 is 18.0 Å². The van der Waals surface area contributed by atoms with Crippen molar-refractivity contribution in [2.24, 2.45) is 0 Å². The van der Waals surface area contributed by atoms with Gasteiger partial charge in [-0.1, -0.05) is 18.2 Å². The monoisotopic (exact) mass is 303 g/mol. The molecule has 0 atom stereocenters. The Bertz CT molecular complexity index is 566. The molecule has 0 aliphatic rings. The first-order valence-electron chi connectivity index (χ1n) is 5.21. The Hall–Kier alpha value is -1.34. The summed E-state index contributed by atoms with van der Waals surface area (Å²) in [5.41, 5.74) is 0. The minimum atomic E-state index is -4.49. The van der Waals surface area contributed by atoms with Crippen LogP contribution in [0.4, 0.5) is 13.2 Å². The molecule has 0 fully saturated rings. The molecule has 1 aromatic heterocycles. The van der Waals surface area contributed by atoms with Gasteiger partial charge in [0, 0.05) is 11.1 Å². The van der Waals surface area contributed by atoms with Crippen molar-refractivity contribution in [3.05, 3.63) is 46.4 Å². The maximum atomic E-state index is 12.3. The third kappa shape index (κ3) is 3.81. The van der Waals surface area contributed by atoms with Crippen molar-refractivity contribution in [1.29, 1.82) is 0 Å². The van der Waals surface area contributed by atoms with Gasteiger partial charge >= 0.3 is 6.18 Å². The van der Waals surface area contributed by atoms with Crippen LogP contribution in [0.5, 0.6) is 0 Å². The van der Waals surface area contributed by atoms with Crippen molar-refractivity contribution in [2.45, 2.75) is 11.1 Å². The zero-order chi connectivity index (χ0) is 13.9. The lowest BCUT2D eigenvalue weighted by atomic mass is 10.4. The van der Waals surface area contributed by atoms with E-state index in [2.05, 4.69) is 4.98 Å². The summed E-state index contributed by atoms with van der Waals surface area (Å²) < 4.78 is 37.0. The molecule has 0 saturated heterocycles. The van der Waals surface area contributed by atoms with E-state index in [1.54, 1.807) is 0 Å². The van der Waals surface area contributed by atoms with Gasteiger partial charge in [0.2, 0.25) is 0 Å². The molecular formula is C12H8F3NOS2. The second-order valence-corrected chi connectivity index (χ2v) is 5.63. The molecule has 2 rings (SSSR count). The Morgan fingerprint density at radius 1 is 1.26 bits per heavy atom. The van der Waals surface area contributed by atoms with Gasteiger partial charge in [-0.15, -0.1) is 23.1 Å². The van der Waals surface area contributed by atoms with Gasteiger partial charge in [-0.3, -0.25) is 4.79 Å². The quantitative estimate of drug-likeness (QED) is 0.628. The van der Waals surface area contributed by atoms with Crippen LogP contribution in [0, 0.1) is 0 Å². The number of thioether (sulfide) groups is 1. The van der Waals surface area contributed by atoms with Crippen LogP contribution in [0.25, 0.3) is 0 Å². The number of rotatable bonds is 4. The number of hydrogen-bond donors (Lipinski definition) is 0. The summed E-state index contributed by atoms with van der Waals surface area (Å²) in [5.74, 6) is -0.245. The van der Waals surface area contributed by atoms with Gasteiger partial charge in [-0.25, -0.2) is 4.98 Å². The molecule has 0 saturated carbocycles. The Morgan fingerprint density at radius 2 is 1.95 bits per heavy atom. The summed E-state index contributed by atoms with van der Waals surface area (Å²) in [6.45, 7) is 0. The molecule has 100 valence electrons. The van der Waals surface area contributed by atoms with E-state index in [9.17, 15) is 18.0 Å². The van der Waals surface area contributed by atoms with Crippen molar-refractivity contribution in [3.63, 3.8) is 0 Å². The molecule has 0 radical (unpaired) electrons. The lowest BCUT2D eigenvalue weighted by Gasteiger charge is -2.00. The predicted octanol–water partition coefficient (Wildman–Crippen LogP) is 4.14. The fourth-order valence-electron chi connectivity index (χ4n) is 1.27. The van der Waals surface area contributed by atoms with Crippen LogP contribution in [-0.2, 0) is 6.18 Å². The van der Waals surface area contributed by atoms with E-state index in [1.807, 2.05) is 30.3 Å². The number of nitrogens with zero attached hydrogens (tertiary/aromatic N) is 1. The van der Waals surface area contributed by atoms with Crippen molar-refractivity contribution in [2.75, 3.05) is 5.75 Å². The molecule has 1 heterocycles. The van der Waals surface area contributed by atoms with E-state index < -0.39 is 11.2 Å². The summed E-state index contributed by atoms with van der Waals surface area (Å²) in [4.78, 5) is 15.9. The second-order valence-electron chi connectivity index (χ2n) is 3.55. The fourth-order valence-corrected chi connectivity index (χ4v) is 2.89. The maximum absolute atomic E-state index is 12.3. The summed E-state index contributed by atoms with van der Waals surface area (Å²) in [6.07, 6.45) is -3.50. The Labute approximate surface area is 115 Å². The molecule has 0 aliphatic heterocycles. The molecular weight excluding hydrogens is 295 g/mol. The lowest BCUT2D eigenvalue weighted by molar-refractivity contribution is -0.137. The van der Waals surface area contributed by atoms with Crippen LogP contribution >= 0.6 is 23.1 Å². The smallest absolute Gasteiger partial charge is 0.292 e. The van der Waals surface area contributed by atoms with Gasteiger partial charge in [0.15, 0.2) is 10.8 Å². The van der Waals surface area contributed by atoms with Crippen molar-refractivity contribution in [3.8, 4) is 0 Å². The molecule has 2 aromatic rings. The fraction of sp³-hybridized carbons (Fsp3) is 0.167. The minimum absolute atomic E-state index is 0.0377. The molecule has 0 spiro atoms. The highest BCUT2D eigenvalue weighted by molar-refractivity contribution is 8.00. The van der Waals surface area contributed by atoms with Gasteiger partial charge in [0.25, 0.3) is 0 Å². The summed E-state index contributed by atoms with van der Waals surface area (Å²) >= 11 is 1.67. The van der Waals surface area contributed by atoms with Gasteiger partial charge in [0.1, 0.15) is 0 Å². The van der Waals surface area contributed by atoms with Crippen LogP contribution in [0.3, 0.4) is 0 Å². The number of aromatic nitrogens is 1. The van der Waals surface area contributed by atoms with Gasteiger partial charge in [-0.2, -0.15) is 13.2 Å². The van der Waals surface area contributed by atoms with E-state index in [0.29, 0.717) is 11.3 Å². The molecule has 0 amide bonds. The SMILES string of the molecule is O=C(CSc1ccccc1)c1cnc(C(F)(F)F)s1. The largest absolute Gasteiger partial charge is 0.443 e. The van der Waals surface area contributed by atoms with Gasteiger partial charge in [-0.05, 0) is 12.1 Å². The lowest BCUT2D eigenvalue weighted by Crippen LogP contribution is -2.03. The average molecular weight is 303 g/mol. The molecule has 7 heteroatoms. The number of carbonyl (C=O) groups excluding carboxylic acids is 1. The highest BCUT2D eigenvalue weighted by Crippen LogP contribution is 2.33. The predicted molar refractivity (Wildman–Crippen MR) is 68.6 cm³/mol. The molecule has 0 bridgehead atoms. The van der Waals surface area contributed by atoms with E-state index >= 15 is 0 Å². The molecule has 2 nitrogen and oxygen atoms in total. The number of halogens is 3. The Morgan fingerprint density at radius 3 is 2.53 bits per heavy atom. The van der Waals surface area contributed by atoms with Crippen molar-refractivity contribution in [1.82, 2.24) is 4.98 Å².